The van der Waals surface area contributed by atoms with E-state index >= 15 is 0 Å². The zero-order chi connectivity index (χ0) is 9.97. The van der Waals surface area contributed by atoms with Crippen LogP contribution < -0.4 is 5.32 Å². The van der Waals surface area contributed by atoms with Gasteiger partial charge in [-0.2, -0.15) is 0 Å². The average Bonchev–Trinajstić information content (AvgIpc) is 2.79. The molecule has 1 aromatic rings. The summed E-state index contributed by atoms with van der Waals surface area (Å²) in [6, 6.07) is 4.41. The number of hydrogen-bond donors (Lipinski definition) is 1. The van der Waals surface area contributed by atoms with Crippen LogP contribution in [0.15, 0.2) is 27.8 Å². The Morgan fingerprint density at radius 1 is 1.57 bits per heavy atom. The molecule has 0 saturated heterocycles. The number of rotatable bonds is 3. The second-order valence-electron chi connectivity index (χ2n) is 3.11. The normalized spacial score (nSPS) is 17.7. The Bertz CT molecular complexity index is 348. The third-order valence-corrected chi connectivity index (χ3v) is 3.87. The van der Waals surface area contributed by atoms with Crippen LogP contribution in [0.3, 0.4) is 0 Å². The van der Waals surface area contributed by atoms with Gasteiger partial charge in [-0.05, 0) is 41.2 Å². The highest BCUT2D eigenvalue weighted by atomic mass is 79.9. The molecular formula is C10H12BrNOS. The molecule has 0 saturated carbocycles. The lowest BCUT2D eigenvalue weighted by Crippen LogP contribution is -2.17. The van der Waals surface area contributed by atoms with Gasteiger partial charge in [-0.1, -0.05) is 0 Å². The maximum absolute atomic E-state index is 5.56. The van der Waals surface area contributed by atoms with Crippen LogP contribution in [0.1, 0.15) is 17.3 Å². The lowest BCUT2D eigenvalue weighted by atomic mass is 10.2. The Kier molecular flexibility index (Phi) is 3.26. The van der Waals surface area contributed by atoms with Gasteiger partial charge < -0.3 is 10.1 Å². The Labute approximate surface area is 96.1 Å². The van der Waals surface area contributed by atoms with Crippen molar-refractivity contribution in [2.75, 3.05) is 13.7 Å². The summed E-state index contributed by atoms with van der Waals surface area (Å²) in [6.45, 7) is 0.820. The van der Waals surface area contributed by atoms with Gasteiger partial charge in [-0.15, -0.1) is 11.3 Å². The fraction of sp³-hybridized carbons (Fsp3) is 0.400. The van der Waals surface area contributed by atoms with Crippen LogP contribution in [0, 0.1) is 0 Å². The Morgan fingerprint density at radius 3 is 2.93 bits per heavy atom. The van der Waals surface area contributed by atoms with Crippen molar-refractivity contribution in [2.45, 2.75) is 12.5 Å². The van der Waals surface area contributed by atoms with Gasteiger partial charge in [-0.25, -0.2) is 0 Å². The highest BCUT2D eigenvalue weighted by Crippen LogP contribution is 2.32. The number of thiophene rings is 1. The quantitative estimate of drug-likeness (QED) is 0.914. The molecule has 4 heteroatoms. The smallest absolute Gasteiger partial charge is 0.114 e. The zero-order valence-electron chi connectivity index (χ0n) is 7.92. The van der Waals surface area contributed by atoms with E-state index in [2.05, 4.69) is 39.5 Å². The maximum atomic E-state index is 5.56. The molecule has 0 radical (unpaired) electrons. The molecule has 0 aromatic carbocycles. The summed E-state index contributed by atoms with van der Waals surface area (Å²) in [7, 11) is 1.96. The van der Waals surface area contributed by atoms with Gasteiger partial charge in [0.1, 0.15) is 5.76 Å². The van der Waals surface area contributed by atoms with E-state index < -0.39 is 0 Å². The predicted octanol–water partition coefficient (Wildman–Crippen LogP) is 3.08. The number of nitrogens with one attached hydrogen (secondary N) is 1. The molecule has 2 heterocycles. The van der Waals surface area contributed by atoms with Crippen molar-refractivity contribution in [3.63, 3.8) is 0 Å². The van der Waals surface area contributed by atoms with Crippen molar-refractivity contribution in [1.82, 2.24) is 5.32 Å². The van der Waals surface area contributed by atoms with Crippen LogP contribution >= 0.6 is 27.3 Å². The Hall–Kier alpha value is -0.320. The van der Waals surface area contributed by atoms with E-state index in [1.165, 1.54) is 4.88 Å². The second kappa shape index (κ2) is 4.47. The first-order chi connectivity index (χ1) is 6.81. The second-order valence-corrected chi connectivity index (χ2v) is 5.60. The Balaban J connectivity index is 2.20. The largest absolute Gasteiger partial charge is 0.496 e. The topological polar surface area (TPSA) is 21.3 Å². The number of hydrogen-bond acceptors (Lipinski definition) is 3. The molecule has 1 atom stereocenters. The molecule has 0 bridgehead atoms. The molecule has 2 nitrogen and oxygen atoms in total. The maximum Gasteiger partial charge on any atom is 0.114 e. The summed E-state index contributed by atoms with van der Waals surface area (Å²) in [5, 5.41) is 3.27. The summed E-state index contributed by atoms with van der Waals surface area (Å²) >= 11 is 5.21. The van der Waals surface area contributed by atoms with Crippen LogP contribution in [0.2, 0.25) is 0 Å². The lowest BCUT2D eigenvalue weighted by molar-refractivity contribution is 0.219. The van der Waals surface area contributed by atoms with E-state index in [4.69, 9.17) is 4.74 Å². The average molecular weight is 274 g/mol. The van der Waals surface area contributed by atoms with Crippen molar-refractivity contribution in [1.29, 1.82) is 0 Å². The van der Waals surface area contributed by atoms with Crippen molar-refractivity contribution in [2.24, 2.45) is 0 Å². The first-order valence-electron chi connectivity index (χ1n) is 4.56. The van der Waals surface area contributed by atoms with Gasteiger partial charge in [0, 0.05) is 11.3 Å². The molecule has 1 aliphatic rings. The molecule has 1 aliphatic heterocycles. The summed E-state index contributed by atoms with van der Waals surface area (Å²) in [5.74, 6) is 1.06. The summed E-state index contributed by atoms with van der Waals surface area (Å²) in [6.07, 6.45) is 3.19. The van der Waals surface area contributed by atoms with Crippen LogP contribution in [0.4, 0.5) is 0 Å². The highest BCUT2D eigenvalue weighted by Gasteiger charge is 2.20. The van der Waals surface area contributed by atoms with Gasteiger partial charge in [0.05, 0.1) is 16.4 Å². The SMILES string of the molecule is CNC(C1=CCCO1)c1ccc(Br)s1. The van der Waals surface area contributed by atoms with E-state index in [1.807, 2.05) is 7.05 Å². The third kappa shape index (κ3) is 2.02. The molecule has 1 aromatic heterocycles. The van der Waals surface area contributed by atoms with Gasteiger partial charge in [0.25, 0.3) is 0 Å². The van der Waals surface area contributed by atoms with Crippen LogP contribution in [-0.2, 0) is 4.74 Å². The Morgan fingerprint density at radius 2 is 2.43 bits per heavy atom. The standard InChI is InChI=1S/C10H12BrNOS/c1-12-10(7-3-2-6-13-7)8-4-5-9(11)14-8/h3-5,10,12H,2,6H2,1H3. The summed E-state index contributed by atoms with van der Waals surface area (Å²) < 4.78 is 6.72. The molecule has 0 amide bonds. The minimum atomic E-state index is 0.216. The third-order valence-electron chi connectivity index (χ3n) is 2.18. The zero-order valence-corrected chi connectivity index (χ0v) is 10.3. The van der Waals surface area contributed by atoms with E-state index in [1.54, 1.807) is 11.3 Å². The fourth-order valence-corrected chi connectivity index (χ4v) is 3.09. The van der Waals surface area contributed by atoms with Gasteiger partial charge in [0.15, 0.2) is 0 Å². The molecule has 1 N–H and O–H groups in total. The van der Waals surface area contributed by atoms with E-state index in [-0.39, 0.29) is 6.04 Å². The van der Waals surface area contributed by atoms with E-state index in [0.29, 0.717) is 0 Å². The van der Waals surface area contributed by atoms with Crippen molar-refractivity contribution in [3.05, 3.63) is 32.6 Å². The summed E-state index contributed by atoms with van der Waals surface area (Å²) in [5.41, 5.74) is 0. The lowest BCUT2D eigenvalue weighted by Gasteiger charge is -2.15. The van der Waals surface area contributed by atoms with Crippen LogP contribution in [0.5, 0.6) is 0 Å². The van der Waals surface area contributed by atoms with Gasteiger partial charge in [0.2, 0.25) is 0 Å². The number of halogens is 1. The molecule has 76 valence electrons. The molecule has 0 aliphatic carbocycles. The molecule has 0 spiro atoms. The molecule has 2 rings (SSSR count). The van der Waals surface area contributed by atoms with E-state index in [9.17, 15) is 0 Å². The number of likely N-dealkylation sites (N-methyl/N-ethyl adjacent to an activating group) is 1. The monoisotopic (exact) mass is 273 g/mol. The van der Waals surface area contributed by atoms with Gasteiger partial charge >= 0.3 is 0 Å². The minimum absolute atomic E-state index is 0.216. The highest BCUT2D eigenvalue weighted by molar-refractivity contribution is 9.11. The van der Waals surface area contributed by atoms with Crippen molar-refractivity contribution < 1.29 is 4.74 Å². The first kappa shape index (κ1) is 10.2. The van der Waals surface area contributed by atoms with Crippen LogP contribution in [-0.4, -0.2) is 13.7 Å². The van der Waals surface area contributed by atoms with Crippen molar-refractivity contribution >= 4 is 27.3 Å². The van der Waals surface area contributed by atoms with Crippen LogP contribution in [0.25, 0.3) is 0 Å². The summed E-state index contributed by atoms with van der Waals surface area (Å²) in [4.78, 5) is 1.28. The van der Waals surface area contributed by atoms with E-state index in [0.717, 1.165) is 22.6 Å². The first-order valence-corrected chi connectivity index (χ1v) is 6.17. The molecule has 0 fully saturated rings. The fourth-order valence-electron chi connectivity index (χ4n) is 1.55. The van der Waals surface area contributed by atoms with Gasteiger partial charge in [-0.3, -0.25) is 0 Å². The van der Waals surface area contributed by atoms with Crippen molar-refractivity contribution in [3.8, 4) is 0 Å². The molecular weight excluding hydrogens is 262 g/mol. The molecule has 14 heavy (non-hydrogen) atoms. The minimum Gasteiger partial charge on any atom is -0.496 e. The molecule has 1 unspecified atom stereocenters. The number of ether oxygens (including phenoxy) is 1. The predicted molar refractivity (Wildman–Crippen MR) is 62.5 cm³/mol.